The van der Waals surface area contributed by atoms with E-state index in [9.17, 15) is 13.2 Å². The van der Waals surface area contributed by atoms with Crippen molar-refractivity contribution < 1.29 is 13.2 Å². The van der Waals surface area contributed by atoms with Crippen LogP contribution in [0.3, 0.4) is 0 Å². The van der Waals surface area contributed by atoms with Gasteiger partial charge >= 0.3 is 0 Å². The van der Waals surface area contributed by atoms with E-state index in [4.69, 9.17) is 10.9 Å². The molecule has 1 fully saturated rings. The minimum atomic E-state index is -3.85. The van der Waals surface area contributed by atoms with Crippen LogP contribution in [0.4, 0.5) is 11.4 Å². The fourth-order valence-corrected chi connectivity index (χ4v) is 3.09. The number of benzene rings is 1. The molecule has 0 bridgehead atoms. The number of nitrogens with one attached hydrogen (secondary N) is 2. The maximum Gasteiger partial charge on any atom is 0.242 e. The van der Waals surface area contributed by atoms with Crippen molar-refractivity contribution >= 4 is 27.3 Å². The maximum absolute atomic E-state index is 11.7. The lowest BCUT2D eigenvalue weighted by molar-refractivity contribution is -0.123. The van der Waals surface area contributed by atoms with Crippen molar-refractivity contribution in [3.63, 3.8) is 0 Å². The summed E-state index contributed by atoms with van der Waals surface area (Å²) in [6.07, 6.45) is 1.55. The highest BCUT2D eigenvalue weighted by atomic mass is 32.2. The third-order valence-electron chi connectivity index (χ3n) is 3.30. The number of hydrogen-bond donors (Lipinski definition) is 4. The smallest absolute Gasteiger partial charge is 0.242 e. The van der Waals surface area contributed by atoms with E-state index < -0.39 is 16.1 Å². The molecule has 1 saturated heterocycles. The predicted molar refractivity (Wildman–Crippen MR) is 76.6 cm³/mol. The zero-order valence-corrected chi connectivity index (χ0v) is 12.0. The summed E-state index contributed by atoms with van der Waals surface area (Å²) in [4.78, 5) is 11.7. The van der Waals surface area contributed by atoms with Gasteiger partial charge in [0.2, 0.25) is 15.9 Å². The predicted octanol–water partition coefficient (Wildman–Crippen LogP) is -0.0849. The molecule has 20 heavy (non-hydrogen) atoms. The van der Waals surface area contributed by atoms with Crippen molar-refractivity contribution in [1.29, 1.82) is 0 Å². The Morgan fingerprint density at radius 2 is 2.10 bits per heavy atom. The van der Waals surface area contributed by atoms with Crippen LogP contribution in [0.15, 0.2) is 17.0 Å². The number of nitrogen functional groups attached to an aromatic ring is 1. The van der Waals surface area contributed by atoms with E-state index in [2.05, 4.69) is 10.6 Å². The molecule has 1 amide bonds. The Morgan fingerprint density at radius 3 is 2.70 bits per heavy atom. The number of hydrogen-bond acceptors (Lipinski definition) is 5. The molecule has 1 heterocycles. The van der Waals surface area contributed by atoms with Crippen LogP contribution in [0.2, 0.25) is 0 Å². The molecule has 8 heteroatoms. The second-order valence-electron chi connectivity index (χ2n) is 4.87. The van der Waals surface area contributed by atoms with Gasteiger partial charge in [-0.1, -0.05) is 0 Å². The van der Waals surface area contributed by atoms with E-state index in [0.717, 1.165) is 6.42 Å². The largest absolute Gasteiger partial charge is 0.399 e. The van der Waals surface area contributed by atoms with Gasteiger partial charge in [-0.2, -0.15) is 0 Å². The average molecular weight is 298 g/mol. The Balaban J connectivity index is 2.37. The highest BCUT2D eigenvalue weighted by molar-refractivity contribution is 7.89. The molecule has 1 aliphatic heterocycles. The number of primary sulfonamides is 1. The van der Waals surface area contributed by atoms with Crippen LogP contribution in [0.1, 0.15) is 18.4 Å². The lowest BCUT2D eigenvalue weighted by Gasteiger charge is -2.25. The maximum atomic E-state index is 11.7. The number of carbonyl (C=O) groups is 1. The molecule has 0 saturated carbocycles. The molecule has 0 radical (unpaired) electrons. The van der Waals surface area contributed by atoms with Crippen LogP contribution in [0.25, 0.3) is 0 Å². The Bertz CT molecular complexity index is 642. The standard InChI is InChI=1S/C12H18N4O3S/c1-7-10(16-9-3-2-4-15-12(9)17)5-8(13)6-11(7)20(14,18)19/h5-6,9,16H,2-4,13H2,1H3,(H,15,17)(H2,14,18,19). The first-order valence-corrected chi connectivity index (χ1v) is 7.81. The van der Waals surface area contributed by atoms with Crippen LogP contribution in [-0.2, 0) is 14.8 Å². The summed E-state index contributed by atoms with van der Waals surface area (Å²) in [5.41, 5.74) is 6.95. The van der Waals surface area contributed by atoms with Crippen LogP contribution in [0.5, 0.6) is 0 Å². The fourth-order valence-electron chi connectivity index (χ4n) is 2.25. The van der Waals surface area contributed by atoms with Crippen molar-refractivity contribution in [1.82, 2.24) is 5.32 Å². The van der Waals surface area contributed by atoms with E-state index in [0.29, 0.717) is 24.2 Å². The Morgan fingerprint density at radius 1 is 1.40 bits per heavy atom. The van der Waals surface area contributed by atoms with Crippen molar-refractivity contribution in [3.8, 4) is 0 Å². The molecule has 110 valence electrons. The first-order chi connectivity index (χ1) is 9.29. The average Bonchev–Trinajstić information content (AvgIpc) is 2.34. The summed E-state index contributed by atoms with van der Waals surface area (Å²) in [6, 6.07) is 2.53. The number of amides is 1. The van der Waals surface area contributed by atoms with E-state index in [1.807, 2.05) is 0 Å². The van der Waals surface area contributed by atoms with E-state index >= 15 is 0 Å². The second kappa shape index (κ2) is 5.29. The summed E-state index contributed by atoms with van der Waals surface area (Å²) in [5, 5.41) is 11.0. The third-order valence-corrected chi connectivity index (χ3v) is 4.34. The number of anilines is 2. The van der Waals surface area contributed by atoms with Gasteiger partial charge in [0.1, 0.15) is 6.04 Å². The summed E-state index contributed by atoms with van der Waals surface area (Å²) in [5.74, 6) is -0.102. The number of nitrogens with two attached hydrogens (primary N) is 2. The summed E-state index contributed by atoms with van der Waals surface area (Å²) < 4.78 is 23.1. The minimum Gasteiger partial charge on any atom is -0.399 e. The topological polar surface area (TPSA) is 127 Å². The van der Waals surface area contributed by atoms with E-state index in [1.165, 1.54) is 6.07 Å². The van der Waals surface area contributed by atoms with Gasteiger partial charge in [0.25, 0.3) is 0 Å². The first-order valence-electron chi connectivity index (χ1n) is 6.26. The summed E-state index contributed by atoms with van der Waals surface area (Å²) in [7, 11) is -3.85. The molecule has 1 aromatic rings. The minimum absolute atomic E-state index is 0.0313. The Kier molecular flexibility index (Phi) is 3.87. The van der Waals surface area contributed by atoms with Crippen molar-refractivity contribution in [2.24, 2.45) is 5.14 Å². The molecule has 0 aliphatic carbocycles. The molecule has 0 aromatic heterocycles. The number of rotatable bonds is 3. The Labute approximate surface area is 117 Å². The van der Waals surface area contributed by atoms with Crippen LogP contribution >= 0.6 is 0 Å². The molecule has 0 spiro atoms. The Hall–Kier alpha value is -1.80. The number of carbonyl (C=O) groups excluding carboxylic acids is 1. The number of sulfonamides is 1. The molecule has 7 nitrogen and oxygen atoms in total. The highest BCUT2D eigenvalue weighted by Crippen LogP contribution is 2.27. The van der Waals surface area contributed by atoms with Gasteiger partial charge in [-0.15, -0.1) is 0 Å². The zero-order valence-electron chi connectivity index (χ0n) is 11.1. The first kappa shape index (κ1) is 14.6. The molecular formula is C12H18N4O3S. The molecule has 1 unspecified atom stereocenters. The van der Waals surface area contributed by atoms with Crippen LogP contribution in [0, 0.1) is 6.92 Å². The number of piperidine rings is 1. The van der Waals surface area contributed by atoms with Gasteiger partial charge in [-0.25, -0.2) is 13.6 Å². The fraction of sp³-hybridized carbons (Fsp3) is 0.417. The normalized spacial score (nSPS) is 19.5. The quantitative estimate of drug-likeness (QED) is 0.580. The molecule has 1 aliphatic rings. The molecule has 2 rings (SSSR count). The van der Waals surface area contributed by atoms with Crippen molar-refractivity contribution in [2.75, 3.05) is 17.6 Å². The molecule has 1 atom stereocenters. The van der Waals surface area contributed by atoms with Gasteiger partial charge in [-0.3, -0.25) is 4.79 Å². The van der Waals surface area contributed by atoms with Gasteiger partial charge in [0.05, 0.1) is 4.90 Å². The SMILES string of the molecule is Cc1c(NC2CCCNC2=O)cc(N)cc1S(N)(=O)=O. The zero-order chi connectivity index (χ0) is 14.9. The van der Waals surface area contributed by atoms with Gasteiger partial charge in [0.15, 0.2) is 0 Å². The van der Waals surface area contributed by atoms with Crippen molar-refractivity contribution in [2.45, 2.75) is 30.7 Å². The van der Waals surface area contributed by atoms with Crippen molar-refractivity contribution in [3.05, 3.63) is 17.7 Å². The van der Waals surface area contributed by atoms with Gasteiger partial charge < -0.3 is 16.4 Å². The second-order valence-corrected chi connectivity index (χ2v) is 6.40. The lowest BCUT2D eigenvalue weighted by atomic mass is 10.1. The molecular weight excluding hydrogens is 280 g/mol. The molecule has 1 aromatic carbocycles. The monoisotopic (exact) mass is 298 g/mol. The molecule has 6 N–H and O–H groups in total. The van der Waals surface area contributed by atoms with Crippen LogP contribution < -0.4 is 21.5 Å². The van der Waals surface area contributed by atoms with E-state index in [1.54, 1.807) is 13.0 Å². The van der Waals surface area contributed by atoms with Gasteiger partial charge in [0, 0.05) is 17.9 Å². The van der Waals surface area contributed by atoms with E-state index in [-0.39, 0.29) is 16.5 Å². The van der Waals surface area contributed by atoms with Crippen LogP contribution in [-0.4, -0.2) is 26.9 Å². The third kappa shape index (κ3) is 3.02. The van der Waals surface area contributed by atoms with Gasteiger partial charge in [-0.05, 0) is 37.5 Å². The summed E-state index contributed by atoms with van der Waals surface area (Å²) >= 11 is 0. The summed E-state index contributed by atoms with van der Waals surface area (Å²) in [6.45, 7) is 2.29. The lowest BCUT2D eigenvalue weighted by Crippen LogP contribution is -2.44. The highest BCUT2D eigenvalue weighted by Gasteiger charge is 2.23.